The summed E-state index contributed by atoms with van der Waals surface area (Å²) in [5.41, 5.74) is -0.0376. The highest BCUT2D eigenvalue weighted by atomic mass is 19.4. The van der Waals surface area contributed by atoms with Crippen LogP contribution < -0.4 is 10.2 Å². The van der Waals surface area contributed by atoms with E-state index in [9.17, 15) is 18.0 Å². The van der Waals surface area contributed by atoms with Gasteiger partial charge in [-0.25, -0.2) is 0 Å². The number of benzene rings is 1. The zero-order valence-corrected chi connectivity index (χ0v) is 16.6. The number of amides is 1. The average molecular weight is 397 g/mol. The Morgan fingerprint density at radius 2 is 1.82 bits per heavy atom. The van der Waals surface area contributed by atoms with Crippen LogP contribution in [0.15, 0.2) is 24.3 Å². The first kappa shape index (κ1) is 21.0. The Hall–Kier alpha value is -1.76. The molecular weight excluding hydrogens is 367 g/mol. The SMILES string of the molecule is C[C@H](C(=O)N[C@H]1CCCC[C@@H]1C)N1CCN(c2cccc(C(F)(F)F)c2)CC1. The second kappa shape index (κ2) is 8.72. The maximum absolute atomic E-state index is 12.9. The number of alkyl halides is 3. The largest absolute Gasteiger partial charge is 0.416 e. The molecule has 4 nitrogen and oxygen atoms in total. The summed E-state index contributed by atoms with van der Waals surface area (Å²) in [5.74, 6) is 0.578. The van der Waals surface area contributed by atoms with Gasteiger partial charge in [0.15, 0.2) is 0 Å². The summed E-state index contributed by atoms with van der Waals surface area (Å²) in [5, 5.41) is 3.21. The Kier molecular flexibility index (Phi) is 6.53. The van der Waals surface area contributed by atoms with E-state index in [0.717, 1.165) is 18.9 Å². The maximum atomic E-state index is 12.9. The average Bonchev–Trinajstić information content (AvgIpc) is 2.69. The molecule has 0 aromatic heterocycles. The first-order chi connectivity index (χ1) is 13.3. The molecule has 1 heterocycles. The van der Waals surface area contributed by atoms with Crippen molar-refractivity contribution in [2.24, 2.45) is 5.92 Å². The van der Waals surface area contributed by atoms with Crippen molar-refractivity contribution in [1.82, 2.24) is 10.2 Å². The van der Waals surface area contributed by atoms with Crippen LogP contribution in [0.2, 0.25) is 0 Å². The Morgan fingerprint density at radius 1 is 1.14 bits per heavy atom. The number of nitrogens with zero attached hydrogens (tertiary/aromatic N) is 2. The van der Waals surface area contributed by atoms with Gasteiger partial charge in [0, 0.05) is 37.9 Å². The Bertz CT molecular complexity index is 671. The van der Waals surface area contributed by atoms with Gasteiger partial charge in [-0.2, -0.15) is 13.2 Å². The minimum atomic E-state index is -4.33. The fourth-order valence-corrected chi connectivity index (χ4v) is 4.25. The van der Waals surface area contributed by atoms with E-state index < -0.39 is 11.7 Å². The molecule has 1 saturated heterocycles. The summed E-state index contributed by atoms with van der Waals surface area (Å²) >= 11 is 0. The van der Waals surface area contributed by atoms with Crippen LogP contribution in [0.3, 0.4) is 0 Å². The first-order valence-corrected chi connectivity index (χ1v) is 10.2. The van der Waals surface area contributed by atoms with E-state index in [4.69, 9.17) is 0 Å². The monoisotopic (exact) mass is 397 g/mol. The second-order valence-corrected chi connectivity index (χ2v) is 8.12. The van der Waals surface area contributed by atoms with Gasteiger partial charge < -0.3 is 10.2 Å². The van der Waals surface area contributed by atoms with Crippen molar-refractivity contribution in [3.05, 3.63) is 29.8 Å². The third-order valence-electron chi connectivity index (χ3n) is 6.22. The minimum absolute atomic E-state index is 0.0614. The Labute approximate surface area is 165 Å². The molecule has 156 valence electrons. The summed E-state index contributed by atoms with van der Waals surface area (Å²) in [6.07, 6.45) is 0.276. The lowest BCUT2D eigenvalue weighted by Gasteiger charge is -2.39. The summed E-state index contributed by atoms with van der Waals surface area (Å²) < 4.78 is 38.8. The molecular formula is C21H30F3N3O. The van der Waals surface area contributed by atoms with Crippen LogP contribution in [0.1, 0.15) is 45.1 Å². The number of rotatable bonds is 4. The number of halogens is 3. The molecule has 1 aliphatic carbocycles. The van der Waals surface area contributed by atoms with Gasteiger partial charge in [0.25, 0.3) is 0 Å². The van der Waals surface area contributed by atoms with Crippen LogP contribution in [0.4, 0.5) is 18.9 Å². The van der Waals surface area contributed by atoms with E-state index in [1.54, 1.807) is 6.07 Å². The Balaban J connectivity index is 1.54. The molecule has 0 radical (unpaired) electrons. The summed E-state index contributed by atoms with van der Waals surface area (Å²) in [6.45, 7) is 6.65. The van der Waals surface area contributed by atoms with Crippen molar-refractivity contribution in [3.63, 3.8) is 0 Å². The number of anilines is 1. The maximum Gasteiger partial charge on any atom is 0.416 e. The highest BCUT2D eigenvalue weighted by molar-refractivity contribution is 5.81. The van der Waals surface area contributed by atoms with E-state index in [-0.39, 0.29) is 18.0 Å². The fraction of sp³-hybridized carbons (Fsp3) is 0.667. The molecule has 1 saturated carbocycles. The van der Waals surface area contributed by atoms with E-state index in [0.29, 0.717) is 37.8 Å². The van der Waals surface area contributed by atoms with Crippen LogP contribution in [-0.4, -0.2) is 49.1 Å². The van der Waals surface area contributed by atoms with Gasteiger partial charge >= 0.3 is 6.18 Å². The molecule has 0 spiro atoms. The quantitative estimate of drug-likeness (QED) is 0.837. The van der Waals surface area contributed by atoms with E-state index in [2.05, 4.69) is 17.1 Å². The molecule has 1 aliphatic heterocycles. The number of piperazine rings is 1. The zero-order chi connectivity index (χ0) is 20.3. The van der Waals surface area contributed by atoms with Gasteiger partial charge in [0.05, 0.1) is 11.6 Å². The normalized spacial score (nSPS) is 25.4. The number of hydrogen-bond acceptors (Lipinski definition) is 3. The second-order valence-electron chi connectivity index (χ2n) is 8.12. The van der Waals surface area contributed by atoms with Gasteiger partial charge in [0.1, 0.15) is 0 Å². The first-order valence-electron chi connectivity index (χ1n) is 10.2. The van der Waals surface area contributed by atoms with Crippen molar-refractivity contribution in [2.75, 3.05) is 31.1 Å². The van der Waals surface area contributed by atoms with E-state index in [1.165, 1.54) is 25.0 Å². The number of nitrogens with one attached hydrogen (secondary N) is 1. The van der Waals surface area contributed by atoms with Crippen molar-refractivity contribution >= 4 is 11.6 Å². The molecule has 1 aromatic carbocycles. The molecule has 2 aliphatic rings. The molecule has 7 heteroatoms. The molecule has 0 bridgehead atoms. The smallest absolute Gasteiger partial charge is 0.369 e. The molecule has 2 fully saturated rings. The topological polar surface area (TPSA) is 35.6 Å². The van der Waals surface area contributed by atoms with Gasteiger partial charge in [-0.1, -0.05) is 25.8 Å². The van der Waals surface area contributed by atoms with Crippen LogP contribution in [-0.2, 0) is 11.0 Å². The lowest BCUT2D eigenvalue weighted by molar-refractivity contribution is -0.137. The van der Waals surface area contributed by atoms with Gasteiger partial charge in [-0.3, -0.25) is 9.69 Å². The number of carbonyl (C=O) groups excluding carboxylic acids is 1. The van der Waals surface area contributed by atoms with Crippen LogP contribution in [0.25, 0.3) is 0 Å². The third kappa shape index (κ3) is 4.99. The minimum Gasteiger partial charge on any atom is -0.369 e. The lowest BCUT2D eigenvalue weighted by atomic mass is 9.86. The summed E-state index contributed by atoms with van der Waals surface area (Å²) in [7, 11) is 0. The molecule has 1 amide bonds. The van der Waals surface area contributed by atoms with Crippen molar-refractivity contribution in [2.45, 2.75) is 57.8 Å². The Morgan fingerprint density at radius 3 is 2.46 bits per heavy atom. The number of hydrogen-bond donors (Lipinski definition) is 1. The van der Waals surface area contributed by atoms with Crippen LogP contribution in [0, 0.1) is 5.92 Å². The predicted octanol–water partition coefficient (Wildman–Crippen LogP) is 3.91. The van der Waals surface area contributed by atoms with E-state index >= 15 is 0 Å². The van der Waals surface area contributed by atoms with Crippen molar-refractivity contribution in [3.8, 4) is 0 Å². The fourth-order valence-electron chi connectivity index (χ4n) is 4.25. The molecule has 0 unspecified atom stereocenters. The number of carbonyl (C=O) groups is 1. The molecule has 1 aromatic rings. The highest BCUT2D eigenvalue weighted by Gasteiger charge is 2.32. The predicted molar refractivity (Wildman–Crippen MR) is 104 cm³/mol. The highest BCUT2D eigenvalue weighted by Crippen LogP contribution is 2.32. The van der Waals surface area contributed by atoms with Crippen LogP contribution >= 0.6 is 0 Å². The molecule has 1 N–H and O–H groups in total. The third-order valence-corrected chi connectivity index (χ3v) is 6.22. The molecule has 3 rings (SSSR count). The van der Waals surface area contributed by atoms with Gasteiger partial charge in [-0.15, -0.1) is 0 Å². The van der Waals surface area contributed by atoms with Crippen molar-refractivity contribution in [1.29, 1.82) is 0 Å². The standard InChI is InChI=1S/C21H30F3N3O/c1-15-6-3-4-9-19(15)25-20(28)16(2)26-10-12-27(13-11-26)18-8-5-7-17(14-18)21(22,23)24/h5,7-8,14-16,19H,3-4,6,9-13H2,1-2H3,(H,25,28)/t15-,16+,19-/m0/s1. The summed E-state index contributed by atoms with van der Waals surface area (Å²) in [6, 6.07) is 5.50. The van der Waals surface area contributed by atoms with Gasteiger partial charge in [0.2, 0.25) is 5.91 Å². The zero-order valence-electron chi connectivity index (χ0n) is 16.6. The molecule has 28 heavy (non-hydrogen) atoms. The summed E-state index contributed by atoms with van der Waals surface area (Å²) in [4.78, 5) is 16.7. The van der Waals surface area contributed by atoms with Gasteiger partial charge in [-0.05, 0) is 43.9 Å². The van der Waals surface area contributed by atoms with Crippen molar-refractivity contribution < 1.29 is 18.0 Å². The van der Waals surface area contributed by atoms with E-state index in [1.807, 2.05) is 11.8 Å². The lowest BCUT2D eigenvalue weighted by Crippen LogP contribution is -2.55. The van der Waals surface area contributed by atoms with Crippen LogP contribution in [0.5, 0.6) is 0 Å². The molecule has 3 atom stereocenters.